The molecule has 0 aliphatic carbocycles. The zero-order chi connectivity index (χ0) is 30.5. The van der Waals surface area contributed by atoms with Gasteiger partial charge in [0.2, 0.25) is 5.75 Å². The van der Waals surface area contributed by atoms with Crippen molar-refractivity contribution < 1.29 is 33.7 Å². The van der Waals surface area contributed by atoms with E-state index in [1.807, 2.05) is 43.0 Å². The van der Waals surface area contributed by atoms with Crippen molar-refractivity contribution in [2.75, 3.05) is 46.9 Å². The summed E-state index contributed by atoms with van der Waals surface area (Å²) in [6.45, 7) is 4.95. The van der Waals surface area contributed by atoms with E-state index < -0.39 is 6.03 Å². The molecule has 1 heterocycles. The molecule has 2 aromatic rings. The van der Waals surface area contributed by atoms with Crippen LogP contribution in [0.1, 0.15) is 93.3 Å². The Morgan fingerprint density at radius 1 is 0.810 bits per heavy atom. The largest absolute Gasteiger partial charge is 0.493 e. The summed E-state index contributed by atoms with van der Waals surface area (Å²) in [4.78, 5) is 13.0. The van der Waals surface area contributed by atoms with Gasteiger partial charge in [-0.3, -0.25) is 5.21 Å². The van der Waals surface area contributed by atoms with E-state index in [0.29, 0.717) is 41.0 Å². The number of urea groups is 1. The summed E-state index contributed by atoms with van der Waals surface area (Å²) < 4.78 is 28.4. The maximum atomic E-state index is 13.0. The number of amides is 2. The van der Waals surface area contributed by atoms with Crippen molar-refractivity contribution in [1.82, 2.24) is 5.06 Å². The Bertz CT molecular complexity index is 1120. The van der Waals surface area contributed by atoms with Gasteiger partial charge in [0, 0.05) is 10.5 Å². The summed E-state index contributed by atoms with van der Waals surface area (Å²) in [7, 11) is 6.44. The minimum absolute atomic E-state index is 0.159. The van der Waals surface area contributed by atoms with E-state index in [1.165, 1.54) is 19.3 Å². The van der Waals surface area contributed by atoms with Crippen molar-refractivity contribution in [3.63, 3.8) is 0 Å². The molecule has 2 unspecified atom stereocenters. The van der Waals surface area contributed by atoms with Crippen molar-refractivity contribution in [3.8, 4) is 28.7 Å². The predicted octanol–water partition coefficient (Wildman–Crippen LogP) is 8.40. The molecule has 42 heavy (non-hydrogen) atoms. The van der Waals surface area contributed by atoms with Crippen LogP contribution in [-0.4, -0.2) is 57.9 Å². The molecule has 2 aromatic carbocycles. The molecule has 3 rings (SSSR count). The Kier molecular flexibility index (Phi) is 13.7. The first-order valence-electron chi connectivity index (χ1n) is 15.0. The molecule has 2 atom stereocenters. The summed E-state index contributed by atoms with van der Waals surface area (Å²) in [6, 6.07) is 7.37. The molecule has 0 saturated carbocycles. The van der Waals surface area contributed by atoms with Gasteiger partial charge in [0.1, 0.15) is 0 Å². The maximum Gasteiger partial charge on any atom is 0.345 e. The van der Waals surface area contributed by atoms with Crippen molar-refractivity contribution in [1.29, 1.82) is 0 Å². The Labute approximate surface area is 255 Å². The maximum absolute atomic E-state index is 13.0. The van der Waals surface area contributed by atoms with Crippen molar-refractivity contribution in [2.45, 2.75) is 82.1 Å². The molecule has 0 spiro atoms. The molecular formula is C32H48N2O7S. The first-order valence-corrected chi connectivity index (χ1v) is 15.9. The highest BCUT2D eigenvalue weighted by Gasteiger charge is 2.31. The number of ether oxygens (including phenoxy) is 5. The molecule has 1 aliphatic heterocycles. The molecule has 2 N–H and O–H groups in total. The van der Waals surface area contributed by atoms with Gasteiger partial charge in [-0.15, -0.1) is 11.8 Å². The fraction of sp³-hybridized carbons (Fsp3) is 0.594. The van der Waals surface area contributed by atoms with E-state index >= 15 is 0 Å². The number of hydrogen-bond donors (Lipinski definition) is 2. The van der Waals surface area contributed by atoms with Crippen LogP contribution >= 0.6 is 11.8 Å². The average Bonchev–Trinajstić information content (AvgIpc) is 3.51. The third-order valence-corrected chi connectivity index (χ3v) is 9.07. The van der Waals surface area contributed by atoms with Gasteiger partial charge in [0.25, 0.3) is 0 Å². The second-order valence-electron chi connectivity index (χ2n) is 10.4. The van der Waals surface area contributed by atoms with Crippen LogP contribution in [-0.2, 0) is 0 Å². The number of rotatable bonds is 17. The number of nitrogens with zero attached hydrogens (tertiary/aromatic N) is 1. The van der Waals surface area contributed by atoms with E-state index in [4.69, 9.17) is 23.7 Å². The van der Waals surface area contributed by atoms with Gasteiger partial charge in [-0.05, 0) is 61.1 Å². The number of unbranched alkanes of at least 4 members (excludes halogenated alkanes) is 5. The summed E-state index contributed by atoms with van der Waals surface area (Å²) in [6.07, 6.45) is 9.09. The highest BCUT2D eigenvalue weighted by molar-refractivity contribution is 8.00. The van der Waals surface area contributed by atoms with E-state index in [0.717, 1.165) is 54.7 Å². The van der Waals surface area contributed by atoms with Gasteiger partial charge in [0.15, 0.2) is 23.0 Å². The third kappa shape index (κ3) is 8.77. The standard InChI is InChI=1S/C32H48N2O7S/c1-7-9-10-11-12-13-16-34(36)32(35)33-24-18-22(19-25(37-3)30(24)41-17-8-2)28-14-15-29(42-28)23-20-26(38-4)31(40-6)27(21-23)39-5/h18-21,28-29,36H,7-17H2,1-6H3,(H,33,35). The first-order chi connectivity index (χ1) is 20.4. The zero-order valence-corrected chi connectivity index (χ0v) is 26.8. The van der Waals surface area contributed by atoms with Crippen LogP contribution < -0.4 is 29.0 Å². The number of hydroxylamine groups is 2. The minimum Gasteiger partial charge on any atom is -0.493 e. The highest BCUT2D eigenvalue weighted by Crippen LogP contribution is 2.56. The van der Waals surface area contributed by atoms with Gasteiger partial charge in [-0.25, -0.2) is 9.86 Å². The smallest absolute Gasteiger partial charge is 0.345 e. The Morgan fingerprint density at radius 3 is 1.90 bits per heavy atom. The van der Waals surface area contributed by atoms with Crippen molar-refractivity contribution in [2.24, 2.45) is 0 Å². The normalized spacial score (nSPS) is 16.2. The molecule has 1 aliphatic rings. The number of nitrogens with one attached hydrogen (secondary N) is 1. The Morgan fingerprint density at radius 2 is 1.36 bits per heavy atom. The molecule has 234 valence electrons. The van der Waals surface area contributed by atoms with Crippen LogP contribution in [0.3, 0.4) is 0 Å². The molecule has 0 bridgehead atoms. The Balaban J connectivity index is 1.80. The lowest BCUT2D eigenvalue weighted by molar-refractivity contribution is -0.0382. The number of benzene rings is 2. The predicted molar refractivity (Wildman–Crippen MR) is 168 cm³/mol. The molecule has 10 heteroatoms. The van der Waals surface area contributed by atoms with Crippen LogP contribution in [0.25, 0.3) is 0 Å². The average molecular weight is 605 g/mol. The van der Waals surface area contributed by atoms with Gasteiger partial charge in [-0.1, -0.05) is 46.0 Å². The molecule has 1 fully saturated rings. The third-order valence-electron chi connectivity index (χ3n) is 7.40. The van der Waals surface area contributed by atoms with Gasteiger partial charge >= 0.3 is 6.03 Å². The molecule has 2 amide bonds. The number of anilines is 1. The minimum atomic E-state index is -0.585. The van der Waals surface area contributed by atoms with E-state index in [-0.39, 0.29) is 17.0 Å². The van der Waals surface area contributed by atoms with Crippen LogP contribution in [0, 0.1) is 0 Å². The number of hydrogen-bond acceptors (Lipinski definition) is 8. The monoisotopic (exact) mass is 604 g/mol. The van der Waals surface area contributed by atoms with Gasteiger partial charge in [-0.2, -0.15) is 0 Å². The first kappa shape index (κ1) is 33.5. The summed E-state index contributed by atoms with van der Waals surface area (Å²) in [5.41, 5.74) is 2.61. The van der Waals surface area contributed by atoms with Crippen LogP contribution in [0.5, 0.6) is 28.7 Å². The fourth-order valence-corrected chi connectivity index (χ4v) is 6.67. The van der Waals surface area contributed by atoms with Gasteiger partial charge in [0.05, 0.1) is 47.3 Å². The van der Waals surface area contributed by atoms with Gasteiger partial charge < -0.3 is 29.0 Å². The second-order valence-corrected chi connectivity index (χ2v) is 11.8. The molecular weight excluding hydrogens is 556 g/mol. The summed E-state index contributed by atoms with van der Waals surface area (Å²) >= 11 is 1.84. The molecule has 0 aromatic heterocycles. The number of thioether (sulfide) groups is 1. The van der Waals surface area contributed by atoms with E-state index in [9.17, 15) is 10.0 Å². The van der Waals surface area contributed by atoms with Crippen LogP contribution in [0.4, 0.5) is 10.5 Å². The molecule has 1 saturated heterocycles. The lowest BCUT2D eigenvalue weighted by Crippen LogP contribution is -2.33. The Hall–Kier alpha value is -2.98. The quantitative estimate of drug-likeness (QED) is 0.106. The lowest BCUT2D eigenvalue weighted by atomic mass is 10.0. The number of carbonyl (C=O) groups excluding carboxylic acids is 1. The SMILES string of the molecule is CCCCCCCCN(O)C(=O)Nc1cc(C2CCC(c3cc(OC)c(OC)c(OC)c3)S2)cc(OC)c1OCCC. The van der Waals surface area contributed by atoms with Crippen molar-refractivity contribution in [3.05, 3.63) is 35.4 Å². The molecule has 9 nitrogen and oxygen atoms in total. The summed E-state index contributed by atoms with van der Waals surface area (Å²) in [5.74, 6) is 2.86. The second kappa shape index (κ2) is 17.2. The van der Waals surface area contributed by atoms with Crippen molar-refractivity contribution >= 4 is 23.5 Å². The van der Waals surface area contributed by atoms with Crippen LogP contribution in [0.15, 0.2) is 24.3 Å². The summed E-state index contributed by atoms with van der Waals surface area (Å²) in [5, 5.41) is 14.5. The zero-order valence-electron chi connectivity index (χ0n) is 26.0. The van der Waals surface area contributed by atoms with E-state index in [1.54, 1.807) is 28.4 Å². The van der Waals surface area contributed by atoms with Crippen LogP contribution in [0.2, 0.25) is 0 Å². The highest BCUT2D eigenvalue weighted by atomic mass is 32.2. The number of methoxy groups -OCH3 is 4. The van der Waals surface area contributed by atoms with E-state index in [2.05, 4.69) is 12.2 Å². The molecule has 0 radical (unpaired) electrons. The lowest BCUT2D eigenvalue weighted by Gasteiger charge is -2.22. The fourth-order valence-electron chi connectivity index (χ4n) is 5.14. The number of carbonyl (C=O) groups is 1. The topological polar surface area (TPSA) is 98.7 Å².